The zero-order valence-corrected chi connectivity index (χ0v) is 9.26. The molecule has 0 aliphatic heterocycles. The van der Waals surface area contributed by atoms with Gasteiger partial charge in [-0.3, -0.25) is 0 Å². The second-order valence-corrected chi connectivity index (χ2v) is 4.83. The van der Waals surface area contributed by atoms with Gasteiger partial charge >= 0.3 is 0 Å². The Bertz CT molecular complexity index is 129. The first-order valence-electron chi connectivity index (χ1n) is 5.99. The van der Waals surface area contributed by atoms with Gasteiger partial charge in [-0.05, 0) is 31.1 Å². The molecular formula is C12H25N. The molecule has 1 fully saturated rings. The Kier molecular flexibility index (Phi) is 4.79. The van der Waals surface area contributed by atoms with Gasteiger partial charge in [0, 0.05) is 6.04 Å². The van der Waals surface area contributed by atoms with E-state index in [1.54, 1.807) is 0 Å². The number of hydrogen-bond acceptors (Lipinski definition) is 1. The van der Waals surface area contributed by atoms with E-state index in [1.807, 2.05) is 0 Å². The zero-order chi connectivity index (χ0) is 9.68. The van der Waals surface area contributed by atoms with E-state index < -0.39 is 0 Å². The lowest BCUT2D eigenvalue weighted by molar-refractivity contribution is 0.431. The molecule has 1 nitrogen and oxygen atoms in total. The van der Waals surface area contributed by atoms with Crippen molar-refractivity contribution in [2.75, 3.05) is 0 Å². The summed E-state index contributed by atoms with van der Waals surface area (Å²) < 4.78 is 0. The minimum Gasteiger partial charge on any atom is -0.327 e. The van der Waals surface area contributed by atoms with Crippen LogP contribution in [0.15, 0.2) is 0 Å². The van der Waals surface area contributed by atoms with E-state index in [1.165, 1.54) is 44.9 Å². The Morgan fingerprint density at radius 2 is 1.92 bits per heavy atom. The van der Waals surface area contributed by atoms with Crippen LogP contribution in [0.5, 0.6) is 0 Å². The fourth-order valence-electron chi connectivity index (χ4n) is 2.10. The maximum Gasteiger partial charge on any atom is 0.00671 e. The van der Waals surface area contributed by atoms with Gasteiger partial charge in [0.05, 0.1) is 0 Å². The van der Waals surface area contributed by atoms with Crippen molar-refractivity contribution in [2.45, 2.75) is 64.8 Å². The maximum atomic E-state index is 6.04. The van der Waals surface area contributed by atoms with E-state index in [0.717, 1.165) is 11.8 Å². The van der Waals surface area contributed by atoms with E-state index in [-0.39, 0.29) is 0 Å². The number of nitrogens with two attached hydrogens (primary N) is 1. The highest BCUT2D eigenvalue weighted by Crippen LogP contribution is 2.33. The lowest BCUT2D eigenvalue weighted by Gasteiger charge is -2.12. The summed E-state index contributed by atoms with van der Waals surface area (Å²) in [6.07, 6.45) is 9.50. The summed E-state index contributed by atoms with van der Waals surface area (Å²) in [6.45, 7) is 4.64. The molecule has 1 saturated carbocycles. The third-order valence-corrected chi connectivity index (χ3v) is 3.24. The van der Waals surface area contributed by atoms with Gasteiger partial charge in [-0.15, -0.1) is 0 Å². The van der Waals surface area contributed by atoms with Crippen LogP contribution in [0.4, 0.5) is 0 Å². The molecule has 1 heteroatoms. The van der Waals surface area contributed by atoms with Crippen molar-refractivity contribution in [1.82, 2.24) is 0 Å². The highest BCUT2D eigenvalue weighted by Gasteiger charge is 2.27. The van der Waals surface area contributed by atoms with Crippen LogP contribution >= 0.6 is 0 Å². The largest absolute Gasteiger partial charge is 0.327 e. The lowest BCUT2D eigenvalue weighted by Crippen LogP contribution is -2.22. The van der Waals surface area contributed by atoms with Crippen molar-refractivity contribution >= 4 is 0 Å². The van der Waals surface area contributed by atoms with Crippen molar-refractivity contribution in [3.8, 4) is 0 Å². The Morgan fingerprint density at radius 1 is 1.23 bits per heavy atom. The van der Waals surface area contributed by atoms with E-state index in [4.69, 9.17) is 5.73 Å². The van der Waals surface area contributed by atoms with Gasteiger partial charge in [0.2, 0.25) is 0 Å². The molecule has 13 heavy (non-hydrogen) atoms. The van der Waals surface area contributed by atoms with Crippen LogP contribution in [0.25, 0.3) is 0 Å². The molecule has 0 spiro atoms. The fraction of sp³-hybridized carbons (Fsp3) is 1.00. The van der Waals surface area contributed by atoms with Crippen molar-refractivity contribution in [3.05, 3.63) is 0 Å². The Morgan fingerprint density at radius 3 is 2.46 bits per heavy atom. The third-order valence-electron chi connectivity index (χ3n) is 3.24. The summed E-state index contributed by atoms with van der Waals surface area (Å²) in [5.41, 5.74) is 6.04. The third kappa shape index (κ3) is 4.66. The average Bonchev–Trinajstić information content (AvgIpc) is 2.86. The highest BCUT2D eigenvalue weighted by molar-refractivity contribution is 4.83. The van der Waals surface area contributed by atoms with E-state index in [0.29, 0.717) is 6.04 Å². The molecule has 2 N–H and O–H groups in total. The van der Waals surface area contributed by atoms with Crippen LogP contribution in [-0.4, -0.2) is 6.04 Å². The molecule has 1 aliphatic rings. The molecule has 0 aromatic carbocycles. The van der Waals surface area contributed by atoms with Crippen LogP contribution in [0.3, 0.4) is 0 Å². The van der Waals surface area contributed by atoms with Gasteiger partial charge in [0.25, 0.3) is 0 Å². The second kappa shape index (κ2) is 5.64. The molecule has 0 aromatic heterocycles. The van der Waals surface area contributed by atoms with Gasteiger partial charge in [-0.25, -0.2) is 0 Å². The SMILES string of the molecule is CCCC(C)CCCC(N)C1CC1. The number of rotatable bonds is 7. The summed E-state index contributed by atoms with van der Waals surface area (Å²) in [6, 6.07) is 0.522. The second-order valence-electron chi connectivity index (χ2n) is 4.83. The molecule has 0 radical (unpaired) electrons. The molecule has 0 saturated heterocycles. The molecule has 0 aromatic rings. The fourth-order valence-corrected chi connectivity index (χ4v) is 2.10. The van der Waals surface area contributed by atoms with Crippen LogP contribution in [0.2, 0.25) is 0 Å². The Labute approximate surface area is 83.1 Å². The van der Waals surface area contributed by atoms with Gasteiger partial charge in [0.1, 0.15) is 0 Å². The summed E-state index contributed by atoms with van der Waals surface area (Å²) in [5.74, 6) is 1.80. The van der Waals surface area contributed by atoms with Crippen molar-refractivity contribution in [1.29, 1.82) is 0 Å². The smallest absolute Gasteiger partial charge is 0.00671 e. The maximum absolute atomic E-state index is 6.04. The monoisotopic (exact) mass is 183 g/mol. The summed E-state index contributed by atoms with van der Waals surface area (Å²) >= 11 is 0. The van der Waals surface area contributed by atoms with Crippen LogP contribution in [0, 0.1) is 11.8 Å². The predicted octanol–water partition coefficient (Wildman–Crippen LogP) is 3.33. The molecule has 0 amide bonds. The minimum absolute atomic E-state index is 0.522. The first-order valence-corrected chi connectivity index (χ1v) is 5.99. The topological polar surface area (TPSA) is 26.0 Å². The van der Waals surface area contributed by atoms with E-state index in [9.17, 15) is 0 Å². The zero-order valence-electron chi connectivity index (χ0n) is 9.26. The molecule has 2 atom stereocenters. The summed E-state index contributed by atoms with van der Waals surface area (Å²) in [7, 11) is 0. The average molecular weight is 183 g/mol. The van der Waals surface area contributed by atoms with Gasteiger partial charge in [-0.1, -0.05) is 39.5 Å². The number of hydrogen-bond donors (Lipinski definition) is 1. The lowest BCUT2D eigenvalue weighted by atomic mass is 9.97. The van der Waals surface area contributed by atoms with Crippen molar-refractivity contribution < 1.29 is 0 Å². The van der Waals surface area contributed by atoms with Gasteiger partial charge in [0.15, 0.2) is 0 Å². The van der Waals surface area contributed by atoms with E-state index in [2.05, 4.69) is 13.8 Å². The van der Waals surface area contributed by atoms with Crippen LogP contribution in [-0.2, 0) is 0 Å². The first kappa shape index (κ1) is 11.0. The Balaban J connectivity index is 1.92. The molecule has 1 aliphatic carbocycles. The molecule has 2 unspecified atom stereocenters. The predicted molar refractivity (Wildman–Crippen MR) is 58.6 cm³/mol. The summed E-state index contributed by atoms with van der Waals surface area (Å²) in [4.78, 5) is 0. The summed E-state index contributed by atoms with van der Waals surface area (Å²) in [5, 5.41) is 0. The van der Waals surface area contributed by atoms with Crippen molar-refractivity contribution in [2.24, 2.45) is 17.6 Å². The Hall–Kier alpha value is -0.0400. The minimum atomic E-state index is 0.522. The van der Waals surface area contributed by atoms with Gasteiger partial charge < -0.3 is 5.73 Å². The van der Waals surface area contributed by atoms with Crippen LogP contribution < -0.4 is 5.73 Å². The van der Waals surface area contributed by atoms with Gasteiger partial charge in [-0.2, -0.15) is 0 Å². The quantitative estimate of drug-likeness (QED) is 0.643. The molecule has 78 valence electrons. The standard InChI is InChI=1S/C12H25N/c1-3-5-10(2)6-4-7-12(13)11-8-9-11/h10-12H,3-9,13H2,1-2H3. The molecular weight excluding hydrogens is 158 g/mol. The molecule has 0 bridgehead atoms. The molecule has 0 heterocycles. The van der Waals surface area contributed by atoms with Crippen LogP contribution in [0.1, 0.15) is 58.8 Å². The highest BCUT2D eigenvalue weighted by atomic mass is 14.7. The normalized spacial score (nSPS) is 21.5. The van der Waals surface area contributed by atoms with E-state index >= 15 is 0 Å². The molecule has 1 rings (SSSR count). The van der Waals surface area contributed by atoms with Crippen molar-refractivity contribution in [3.63, 3.8) is 0 Å². The first-order chi connectivity index (χ1) is 6.24.